The molecule has 0 spiro atoms. The molecule has 134 valence electrons. The second-order valence-electron chi connectivity index (χ2n) is 6.29. The van der Waals surface area contributed by atoms with Gasteiger partial charge in [0.05, 0.1) is 18.8 Å². The van der Waals surface area contributed by atoms with Crippen molar-refractivity contribution in [2.75, 3.05) is 26.3 Å². The van der Waals surface area contributed by atoms with E-state index in [4.69, 9.17) is 16.3 Å². The van der Waals surface area contributed by atoms with Gasteiger partial charge in [0.1, 0.15) is 0 Å². The largest absolute Gasteiger partial charge is 0.465 e. The van der Waals surface area contributed by atoms with Gasteiger partial charge >= 0.3 is 6.09 Å². The highest BCUT2D eigenvalue weighted by molar-refractivity contribution is 6.30. The predicted molar refractivity (Wildman–Crippen MR) is 93.4 cm³/mol. The quantitative estimate of drug-likeness (QED) is 0.781. The van der Waals surface area contributed by atoms with E-state index in [0.717, 1.165) is 31.2 Å². The molecule has 1 fully saturated rings. The number of aliphatic hydroxyl groups excluding tert-OH is 1. The third kappa shape index (κ3) is 4.21. The standard InChI is InChI=1S/C18H26ClNO4/c1-2-8-18(24-11-10-21,14-5-3-7-16(19)12-14)15-6-4-9-20(13-15)17(22)23/h3,5,7,12,15,21H,2,4,6,8-11,13H2,1H3,(H,22,23)/t15?,18-/m0/s1. The van der Waals surface area contributed by atoms with Crippen LogP contribution in [0.15, 0.2) is 24.3 Å². The molecule has 0 radical (unpaired) electrons. The van der Waals surface area contributed by atoms with E-state index >= 15 is 0 Å². The van der Waals surface area contributed by atoms with Crippen LogP contribution < -0.4 is 0 Å². The Morgan fingerprint density at radius 3 is 2.92 bits per heavy atom. The van der Waals surface area contributed by atoms with E-state index in [0.29, 0.717) is 18.1 Å². The summed E-state index contributed by atoms with van der Waals surface area (Å²) in [6.07, 6.45) is 2.46. The zero-order valence-corrected chi connectivity index (χ0v) is 14.8. The van der Waals surface area contributed by atoms with Crippen molar-refractivity contribution in [3.05, 3.63) is 34.9 Å². The number of amides is 1. The zero-order valence-electron chi connectivity index (χ0n) is 14.1. The highest BCUT2D eigenvalue weighted by Gasteiger charge is 2.43. The molecule has 1 aromatic rings. The number of carbonyl (C=O) groups is 1. The lowest BCUT2D eigenvalue weighted by Gasteiger charge is -2.45. The Morgan fingerprint density at radius 1 is 1.50 bits per heavy atom. The number of ether oxygens (including phenoxy) is 1. The fourth-order valence-corrected chi connectivity index (χ4v) is 3.93. The number of aliphatic hydroxyl groups is 1. The Kier molecular flexibility index (Phi) is 6.90. The smallest absolute Gasteiger partial charge is 0.407 e. The van der Waals surface area contributed by atoms with Gasteiger partial charge in [0.2, 0.25) is 0 Å². The summed E-state index contributed by atoms with van der Waals surface area (Å²) < 4.78 is 6.20. The molecule has 1 aromatic carbocycles. The third-order valence-electron chi connectivity index (χ3n) is 4.74. The van der Waals surface area contributed by atoms with Crippen molar-refractivity contribution >= 4 is 17.7 Å². The molecule has 2 atom stereocenters. The van der Waals surface area contributed by atoms with E-state index in [-0.39, 0.29) is 19.1 Å². The minimum Gasteiger partial charge on any atom is -0.465 e. The molecule has 1 unspecified atom stereocenters. The molecule has 1 amide bonds. The van der Waals surface area contributed by atoms with E-state index in [1.54, 1.807) is 0 Å². The number of piperidine rings is 1. The fourth-order valence-electron chi connectivity index (χ4n) is 3.74. The molecule has 1 heterocycles. The molecule has 1 aliphatic heterocycles. The monoisotopic (exact) mass is 355 g/mol. The summed E-state index contributed by atoms with van der Waals surface area (Å²) in [5, 5.41) is 19.3. The van der Waals surface area contributed by atoms with Crippen molar-refractivity contribution in [3.63, 3.8) is 0 Å². The minimum atomic E-state index is -0.890. The normalized spacial score (nSPS) is 20.6. The van der Waals surface area contributed by atoms with E-state index in [1.807, 2.05) is 24.3 Å². The molecule has 24 heavy (non-hydrogen) atoms. The summed E-state index contributed by atoms with van der Waals surface area (Å²) in [6.45, 7) is 3.23. The van der Waals surface area contributed by atoms with Crippen molar-refractivity contribution in [1.29, 1.82) is 0 Å². The number of halogens is 1. The summed E-state index contributed by atoms with van der Waals surface area (Å²) >= 11 is 6.19. The molecular weight excluding hydrogens is 330 g/mol. The maximum atomic E-state index is 11.4. The lowest BCUT2D eigenvalue weighted by atomic mass is 9.74. The van der Waals surface area contributed by atoms with Crippen LogP contribution in [0.3, 0.4) is 0 Å². The maximum absolute atomic E-state index is 11.4. The van der Waals surface area contributed by atoms with Gasteiger partial charge < -0.3 is 19.8 Å². The van der Waals surface area contributed by atoms with Crippen LogP contribution in [-0.4, -0.2) is 47.5 Å². The summed E-state index contributed by atoms with van der Waals surface area (Å²) in [5.74, 6) is 0.0346. The van der Waals surface area contributed by atoms with Crippen molar-refractivity contribution in [2.45, 2.75) is 38.2 Å². The van der Waals surface area contributed by atoms with Crippen LogP contribution in [0.4, 0.5) is 4.79 Å². The Hall–Kier alpha value is -1.30. The average Bonchev–Trinajstić information content (AvgIpc) is 2.58. The lowest BCUT2D eigenvalue weighted by Crippen LogP contribution is -2.49. The van der Waals surface area contributed by atoms with Gasteiger partial charge in [-0.2, -0.15) is 0 Å². The van der Waals surface area contributed by atoms with Crippen molar-refractivity contribution in [3.8, 4) is 0 Å². The van der Waals surface area contributed by atoms with Gasteiger partial charge in [0.25, 0.3) is 0 Å². The minimum absolute atomic E-state index is 0.0346. The molecule has 0 bridgehead atoms. The molecule has 0 aliphatic carbocycles. The predicted octanol–water partition coefficient (Wildman–Crippen LogP) is 3.73. The van der Waals surface area contributed by atoms with Crippen LogP contribution in [0.1, 0.15) is 38.2 Å². The van der Waals surface area contributed by atoms with Gasteiger partial charge in [-0.25, -0.2) is 4.79 Å². The van der Waals surface area contributed by atoms with Crippen LogP contribution in [0.2, 0.25) is 5.02 Å². The molecule has 1 saturated heterocycles. The summed E-state index contributed by atoms with van der Waals surface area (Å²) in [6, 6.07) is 7.59. The van der Waals surface area contributed by atoms with Crippen LogP contribution in [0, 0.1) is 5.92 Å². The van der Waals surface area contributed by atoms with Gasteiger partial charge in [0.15, 0.2) is 0 Å². The first-order valence-corrected chi connectivity index (χ1v) is 8.90. The number of nitrogens with zero attached hydrogens (tertiary/aromatic N) is 1. The van der Waals surface area contributed by atoms with Crippen LogP contribution in [0.5, 0.6) is 0 Å². The first kappa shape index (κ1) is 19.0. The van der Waals surface area contributed by atoms with E-state index < -0.39 is 11.7 Å². The Morgan fingerprint density at radius 2 is 2.29 bits per heavy atom. The van der Waals surface area contributed by atoms with Crippen LogP contribution in [0.25, 0.3) is 0 Å². The van der Waals surface area contributed by atoms with Gasteiger partial charge in [-0.05, 0) is 37.0 Å². The highest BCUT2D eigenvalue weighted by atomic mass is 35.5. The molecule has 5 nitrogen and oxygen atoms in total. The van der Waals surface area contributed by atoms with Crippen molar-refractivity contribution < 1.29 is 19.7 Å². The molecule has 2 rings (SSSR count). The zero-order chi connectivity index (χ0) is 17.6. The fraction of sp³-hybridized carbons (Fsp3) is 0.611. The van der Waals surface area contributed by atoms with Gasteiger partial charge in [-0.3, -0.25) is 0 Å². The summed E-state index contributed by atoms with van der Waals surface area (Å²) in [4.78, 5) is 12.9. The van der Waals surface area contributed by atoms with Gasteiger partial charge in [-0.1, -0.05) is 37.1 Å². The number of carboxylic acid groups (broad SMARTS) is 1. The van der Waals surface area contributed by atoms with Gasteiger partial charge in [0, 0.05) is 24.0 Å². The lowest BCUT2D eigenvalue weighted by molar-refractivity contribution is -0.122. The highest BCUT2D eigenvalue weighted by Crippen LogP contribution is 2.43. The van der Waals surface area contributed by atoms with E-state index in [2.05, 4.69) is 6.92 Å². The molecule has 6 heteroatoms. The van der Waals surface area contributed by atoms with E-state index in [1.165, 1.54) is 4.90 Å². The topological polar surface area (TPSA) is 70.0 Å². The maximum Gasteiger partial charge on any atom is 0.407 e. The first-order valence-electron chi connectivity index (χ1n) is 8.52. The third-order valence-corrected chi connectivity index (χ3v) is 4.97. The average molecular weight is 356 g/mol. The number of likely N-dealkylation sites (tertiary alicyclic amines) is 1. The molecule has 0 aromatic heterocycles. The number of rotatable bonds is 7. The second kappa shape index (κ2) is 8.70. The van der Waals surface area contributed by atoms with Gasteiger partial charge in [-0.15, -0.1) is 0 Å². The van der Waals surface area contributed by atoms with E-state index in [9.17, 15) is 15.0 Å². The Bertz CT molecular complexity index is 554. The molecule has 1 aliphatic rings. The first-order chi connectivity index (χ1) is 11.5. The Labute approximate surface area is 148 Å². The number of hydrogen-bond donors (Lipinski definition) is 2. The second-order valence-corrected chi connectivity index (χ2v) is 6.73. The van der Waals surface area contributed by atoms with Crippen molar-refractivity contribution in [2.24, 2.45) is 5.92 Å². The SMILES string of the molecule is CCC[C@](OCCO)(c1cccc(Cl)c1)C1CCCN(C(=O)O)C1. The molecular formula is C18H26ClNO4. The summed E-state index contributed by atoms with van der Waals surface area (Å²) in [7, 11) is 0. The molecule has 0 saturated carbocycles. The summed E-state index contributed by atoms with van der Waals surface area (Å²) in [5.41, 5.74) is 0.332. The number of benzene rings is 1. The number of hydrogen-bond acceptors (Lipinski definition) is 3. The van der Waals surface area contributed by atoms with Crippen LogP contribution >= 0.6 is 11.6 Å². The molecule has 2 N–H and O–H groups in total. The Balaban J connectivity index is 2.41. The van der Waals surface area contributed by atoms with Crippen molar-refractivity contribution in [1.82, 2.24) is 4.90 Å². The van der Waals surface area contributed by atoms with Crippen LogP contribution in [-0.2, 0) is 10.3 Å².